The lowest BCUT2D eigenvalue weighted by Gasteiger charge is -2.24. The molecule has 0 fully saturated rings. The maximum atomic E-state index is 11.5. The van der Waals surface area contributed by atoms with Crippen molar-refractivity contribution in [2.75, 3.05) is 12.9 Å². The van der Waals surface area contributed by atoms with Crippen LogP contribution in [-0.2, 0) is 10.8 Å². The van der Waals surface area contributed by atoms with Crippen LogP contribution in [0.15, 0.2) is 59.5 Å². The van der Waals surface area contributed by atoms with Crippen LogP contribution in [0.25, 0.3) is 0 Å². The standard InChI is InChI=1S/C19H25NO2S/c1-15(16-10-12-18(13-11-16)23(2)22)20-19(9-6-14-21)17-7-4-3-5-8-17/h3-5,7-8,10-13,15,19-21H,6,9,14H2,1-2H3. The number of benzene rings is 2. The minimum atomic E-state index is -0.943. The second kappa shape index (κ2) is 8.96. The fourth-order valence-corrected chi connectivity index (χ4v) is 3.19. The van der Waals surface area contributed by atoms with Crippen molar-refractivity contribution in [2.24, 2.45) is 0 Å². The lowest BCUT2D eigenvalue weighted by atomic mass is 9.99. The Labute approximate surface area is 141 Å². The summed E-state index contributed by atoms with van der Waals surface area (Å²) in [6.45, 7) is 2.34. The zero-order valence-electron chi connectivity index (χ0n) is 13.7. The lowest BCUT2D eigenvalue weighted by Crippen LogP contribution is -2.25. The molecule has 0 bridgehead atoms. The Morgan fingerprint density at radius 3 is 2.26 bits per heavy atom. The van der Waals surface area contributed by atoms with Crippen LogP contribution in [-0.4, -0.2) is 22.2 Å². The van der Waals surface area contributed by atoms with E-state index in [2.05, 4.69) is 24.4 Å². The molecule has 23 heavy (non-hydrogen) atoms. The fourth-order valence-electron chi connectivity index (χ4n) is 2.67. The molecule has 0 aliphatic heterocycles. The number of rotatable bonds is 8. The van der Waals surface area contributed by atoms with Crippen LogP contribution in [0.5, 0.6) is 0 Å². The first-order valence-corrected chi connectivity index (χ1v) is 9.53. The highest BCUT2D eigenvalue weighted by Crippen LogP contribution is 2.24. The van der Waals surface area contributed by atoms with Crippen LogP contribution in [0.4, 0.5) is 0 Å². The SMILES string of the molecule is CC(NC(CCCO)c1ccccc1)c1ccc(S(C)=O)cc1. The molecule has 3 nitrogen and oxygen atoms in total. The summed E-state index contributed by atoms with van der Waals surface area (Å²) in [7, 11) is -0.943. The second-order valence-electron chi connectivity index (χ2n) is 5.74. The van der Waals surface area contributed by atoms with Crippen molar-refractivity contribution in [3.63, 3.8) is 0 Å². The number of aliphatic hydroxyl groups is 1. The Bertz CT molecular complexity index is 613. The molecule has 0 spiro atoms. The van der Waals surface area contributed by atoms with Gasteiger partial charge in [0.25, 0.3) is 0 Å². The summed E-state index contributed by atoms with van der Waals surface area (Å²) >= 11 is 0. The molecule has 0 aliphatic rings. The van der Waals surface area contributed by atoms with Gasteiger partial charge in [0, 0.05) is 40.6 Å². The van der Waals surface area contributed by atoms with Crippen molar-refractivity contribution in [3.05, 3.63) is 65.7 Å². The fraction of sp³-hybridized carbons (Fsp3) is 0.368. The summed E-state index contributed by atoms with van der Waals surface area (Å²) in [6.07, 6.45) is 3.35. The van der Waals surface area contributed by atoms with Gasteiger partial charge >= 0.3 is 0 Å². The normalized spacial score (nSPS) is 15.1. The number of hydrogen-bond donors (Lipinski definition) is 2. The first-order chi connectivity index (χ1) is 11.1. The Hall–Kier alpha value is -1.49. The van der Waals surface area contributed by atoms with Gasteiger partial charge in [0.15, 0.2) is 0 Å². The highest BCUT2D eigenvalue weighted by atomic mass is 32.2. The molecule has 0 saturated carbocycles. The summed E-state index contributed by atoms with van der Waals surface area (Å²) in [5.74, 6) is 0. The summed E-state index contributed by atoms with van der Waals surface area (Å²) in [4.78, 5) is 0.848. The van der Waals surface area contributed by atoms with Crippen molar-refractivity contribution in [1.29, 1.82) is 0 Å². The van der Waals surface area contributed by atoms with Gasteiger partial charge in [-0.05, 0) is 43.0 Å². The van der Waals surface area contributed by atoms with E-state index in [1.54, 1.807) is 6.26 Å². The van der Waals surface area contributed by atoms with E-state index < -0.39 is 10.8 Å². The Kier molecular flexibility index (Phi) is 6.96. The zero-order chi connectivity index (χ0) is 16.7. The van der Waals surface area contributed by atoms with Crippen LogP contribution in [0, 0.1) is 0 Å². The molecule has 0 aromatic heterocycles. The van der Waals surface area contributed by atoms with Crippen LogP contribution in [0.2, 0.25) is 0 Å². The van der Waals surface area contributed by atoms with Crippen molar-refractivity contribution in [1.82, 2.24) is 5.32 Å². The van der Waals surface area contributed by atoms with E-state index in [1.807, 2.05) is 42.5 Å². The summed E-state index contributed by atoms with van der Waals surface area (Å²) in [5.41, 5.74) is 2.41. The smallest absolute Gasteiger partial charge is 0.0498 e. The van der Waals surface area contributed by atoms with Gasteiger partial charge in [-0.1, -0.05) is 42.5 Å². The third-order valence-electron chi connectivity index (χ3n) is 4.02. The van der Waals surface area contributed by atoms with Crippen molar-refractivity contribution in [2.45, 2.75) is 36.7 Å². The molecule has 2 N–H and O–H groups in total. The van der Waals surface area contributed by atoms with Crippen molar-refractivity contribution in [3.8, 4) is 0 Å². The Morgan fingerprint density at radius 1 is 1.04 bits per heavy atom. The van der Waals surface area contributed by atoms with E-state index >= 15 is 0 Å². The molecule has 4 heteroatoms. The monoisotopic (exact) mass is 331 g/mol. The van der Waals surface area contributed by atoms with Crippen LogP contribution >= 0.6 is 0 Å². The molecule has 0 radical (unpaired) electrons. The number of aliphatic hydroxyl groups excluding tert-OH is 1. The molecule has 3 atom stereocenters. The Morgan fingerprint density at radius 2 is 1.70 bits per heavy atom. The van der Waals surface area contributed by atoms with Gasteiger partial charge in [0.05, 0.1) is 0 Å². The van der Waals surface area contributed by atoms with Gasteiger partial charge in [-0.3, -0.25) is 4.21 Å². The quantitative estimate of drug-likeness (QED) is 0.777. The zero-order valence-corrected chi connectivity index (χ0v) is 14.6. The molecular weight excluding hydrogens is 306 g/mol. The van der Waals surface area contributed by atoms with Gasteiger partial charge < -0.3 is 10.4 Å². The molecule has 3 unspecified atom stereocenters. The van der Waals surface area contributed by atoms with Crippen molar-refractivity contribution < 1.29 is 9.32 Å². The van der Waals surface area contributed by atoms with E-state index in [1.165, 1.54) is 11.1 Å². The molecule has 0 aliphatic carbocycles. The predicted molar refractivity (Wildman–Crippen MR) is 95.8 cm³/mol. The van der Waals surface area contributed by atoms with Crippen LogP contribution < -0.4 is 5.32 Å². The topological polar surface area (TPSA) is 49.3 Å². The first kappa shape index (κ1) is 17.9. The summed E-state index contributed by atoms with van der Waals surface area (Å²) in [5, 5.41) is 12.8. The minimum Gasteiger partial charge on any atom is -0.396 e. The highest BCUT2D eigenvalue weighted by molar-refractivity contribution is 7.84. The molecular formula is C19H25NO2S. The van der Waals surface area contributed by atoms with E-state index in [0.29, 0.717) is 0 Å². The summed E-state index contributed by atoms with van der Waals surface area (Å²) < 4.78 is 11.5. The van der Waals surface area contributed by atoms with Crippen LogP contribution in [0.3, 0.4) is 0 Å². The maximum absolute atomic E-state index is 11.5. The molecule has 2 rings (SSSR count). The van der Waals surface area contributed by atoms with Crippen LogP contribution in [0.1, 0.15) is 43.0 Å². The third kappa shape index (κ3) is 5.27. The minimum absolute atomic E-state index is 0.179. The molecule has 0 saturated heterocycles. The Balaban J connectivity index is 2.10. The largest absolute Gasteiger partial charge is 0.396 e. The predicted octanol–water partition coefficient (Wildman–Crippen LogP) is 3.59. The molecule has 2 aromatic carbocycles. The molecule has 0 heterocycles. The molecule has 0 amide bonds. The van der Waals surface area contributed by atoms with Gasteiger partial charge in [-0.25, -0.2) is 0 Å². The van der Waals surface area contributed by atoms with Gasteiger partial charge in [-0.2, -0.15) is 0 Å². The van der Waals surface area contributed by atoms with E-state index in [9.17, 15) is 4.21 Å². The van der Waals surface area contributed by atoms with E-state index in [4.69, 9.17) is 5.11 Å². The summed E-state index contributed by atoms with van der Waals surface area (Å²) in [6, 6.07) is 18.6. The molecule has 124 valence electrons. The van der Waals surface area contributed by atoms with Gasteiger partial charge in [0.1, 0.15) is 0 Å². The lowest BCUT2D eigenvalue weighted by molar-refractivity contribution is 0.272. The third-order valence-corrected chi connectivity index (χ3v) is 4.95. The first-order valence-electron chi connectivity index (χ1n) is 7.97. The number of hydrogen-bond acceptors (Lipinski definition) is 3. The number of nitrogens with one attached hydrogen (secondary N) is 1. The average molecular weight is 331 g/mol. The maximum Gasteiger partial charge on any atom is 0.0498 e. The second-order valence-corrected chi connectivity index (χ2v) is 7.12. The van der Waals surface area contributed by atoms with E-state index in [-0.39, 0.29) is 18.7 Å². The average Bonchev–Trinajstić information content (AvgIpc) is 2.59. The highest BCUT2D eigenvalue weighted by Gasteiger charge is 2.15. The van der Waals surface area contributed by atoms with Crippen molar-refractivity contribution >= 4 is 10.8 Å². The van der Waals surface area contributed by atoms with Gasteiger partial charge in [-0.15, -0.1) is 0 Å². The van der Waals surface area contributed by atoms with Gasteiger partial charge in [0.2, 0.25) is 0 Å². The molecule has 2 aromatic rings. The van der Waals surface area contributed by atoms with E-state index in [0.717, 1.165) is 17.7 Å².